The standard InChI is InChI=1S/C18H12O2/c19-16(20)10-14-7-6-13-5-4-11-2-1-3-12-8-9-15(14)18(13)17(11)12/h1-9H,10H2,(H,19,20)/p-1. The van der Waals surface area contributed by atoms with Crippen LogP contribution in [0.3, 0.4) is 0 Å². The zero-order valence-electron chi connectivity index (χ0n) is 10.7. The van der Waals surface area contributed by atoms with Gasteiger partial charge in [0.25, 0.3) is 0 Å². The van der Waals surface area contributed by atoms with Crippen LogP contribution in [0.15, 0.2) is 54.6 Å². The first-order valence-corrected chi connectivity index (χ1v) is 6.59. The maximum absolute atomic E-state index is 10.9. The molecule has 0 saturated carbocycles. The topological polar surface area (TPSA) is 40.1 Å². The molecule has 0 saturated heterocycles. The highest BCUT2D eigenvalue weighted by molar-refractivity contribution is 6.23. The molecule has 0 radical (unpaired) electrons. The molecule has 4 aromatic rings. The molecule has 0 aliphatic carbocycles. The number of carbonyl (C=O) groups excluding carboxylic acids is 1. The van der Waals surface area contributed by atoms with Crippen LogP contribution in [0.5, 0.6) is 0 Å². The first kappa shape index (κ1) is 11.2. The van der Waals surface area contributed by atoms with Crippen molar-refractivity contribution in [3.05, 3.63) is 60.2 Å². The van der Waals surface area contributed by atoms with E-state index in [4.69, 9.17) is 0 Å². The average Bonchev–Trinajstić information content (AvgIpc) is 2.46. The van der Waals surface area contributed by atoms with Gasteiger partial charge in [0.1, 0.15) is 0 Å². The summed E-state index contributed by atoms with van der Waals surface area (Å²) < 4.78 is 0. The first-order chi connectivity index (χ1) is 9.74. The lowest BCUT2D eigenvalue weighted by molar-refractivity contribution is -0.304. The Morgan fingerprint density at radius 2 is 1.40 bits per heavy atom. The lowest BCUT2D eigenvalue weighted by atomic mass is 9.91. The minimum absolute atomic E-state index is 0.0475. The maximum Gasteiger partial charge on any atom is 0.0458 e. The third-order valence-corrected chi connectivity index (χ3v) is 3.95. The molecule has 0 fully saturated rings. The fourth-order valence-electron chi connectivity index (χ4n) is 3.11. The quantitative estimate of drug-likeness (QED) is 0.519. The van der Waals surface area contributed by atoms with Crippen LogP contribution in [0, 0.1) is 0 Å². The van der Waals surface area contributed by atoms with Crippen molar-refractivity contribution in [3.8, 4) is 0 Å². The van der Waals surface area contributed by atoms with Crippen LogP contribution in [-0.2, 0) is 11.2 Å². The molecule has 20 heavy (non-hydrogen) atoms. The van der Waals surface area contributed by atoms with Gasteiger partial charge in [-0.2, -0.15) is 0 Å². The first-order valence-electron chi connectivity index (χ1n) is 6.59. The molecule has 4 aromatic carbocycles. The van der Waals surface area contributed by atoms with Crippen LogP contribution >= 0.6 is 0 Å². The largest absolute Gasteiger partial charge is 0.550 e. The molecule has 0 unspecified atom stereocenters. The summed E-state index contributed by atoms with van der Waals surface area (Å²) in [7, 11) is 0. The van der Waals surface area contributed by atoms with E-state index >= 15 is 0 Å². The van der Waals surface area contributed by atoms with E-state index in [0.29, 0.717) is 0 Å². The Balaban J connectivity index is 2.23. The summed E-state index contributed by atoms with van der Waals surface area (Å²) in [6.45, 7) is 0. The minimum Gasteiger partial charge on any atom is -0.550 e. The van der Waals surface area contributed by atoms with Gasteiger partial charge in [-0.1, -0.05) is 54.6 Å². The second-order valence-corrected chi connectivity index (χ2v) is 5.13. The van der Waals surface area contributed by atoms with Crippen molar-refractivity contribution < 1.29 is 9.90 Å². The Bertz CT molecular complexity index is 938. The van der Waals surface area contributed by atoms with Gasteiger partial charge in [-0.15, -0.1) is 0 Å². The Labute approximate surface area is 115 Å². The number of aliphatic carboxylic acids is 1. The fraction of sp³-hybridized carbons (Fsp3) is 0.0556. The van der Waals surface area contributed by atoms with Crippen molar-refractivity contribution in [2.75, 3.05) is 0 Å². The van der Waals surface area contributed by atoms with Crippen molar-refractivity contribution in [3.63, 3.8) is 0 Å². The third-order valence-electron chi connectivity index (χ3n) is 3.95. The predicted octanol–water partition coefficient (Wildman–Crippen LogP) is 2.88. The molecule has 0 aliphatic rings. The number of carboxylic acid groups (broad SMARTS) is 1. The van der Waals surface area contributed by atoms with Crippen LogP contribution in [0.4, 0.5) is 0 Å². The van der Waals surface area contributed by atoms with Gasteiger partial charge in [-0.25, -0.2) is 0 Å². The number of carboxylic acids is 1. The molecule has 0 amide bonds. The van der Waals surface area contributed by atoms with Crippen molar-refractivity contribution in [2.24, 2.45) is 0 Å². The normalized spacial score (nSPS) is 11.6. The zero-order valence-corrected chi connectivity index (χ0v) is 10.7. The predicted molar refractivity (Wildman–Crippen MR) is 78.9 cm³/mol. The summed E-state index contributed by atoms with van der Waals surface area (Å²) in [5.74, 6) is -1.04. The average molecular weight is 259 g/mol. The lowest BCUT2D eigenvalue weighted by Crippen LogP contribution is -2.24. The van der Waals surface area contributed by atoms with E-state index < -0.39 is 5.97 Å². The molecule has 0 spiro atoms. The van der Waals surface area contributed by atoms with Gasteiger partial charge in [0, 0.05) is 12.4 Å². The number of hydrogen-bond donors (Lipinski definition) is 0. The summed E-state index contributed by atoms with van der Waals surface area (Å²) in [4.78, 5) is 10.9. The molecule has 0 bridgehead atoms. The van der Waals surface area contributed by atoms with Gasteiger partial charge in [-0.05, 0) is 37.9 Å². The number of rotatable bonds is 2. The smallest absolute Gasteiger partial charge is 0.0458 e. The molecule has 0 aliphatic heterocycles. The van der Waals surface area contributed by atoms with Crippen LogP contribution in [0.25, 0.3) is 32.3 Å². The van der Waals surface area contributed by atoms with Crippen molar-refractivity contribution in [1.82, 2.24) is 0 Å². The Morgan fingerprint density at radius 3 is 2.10 bits per heavy atom. The highest BCUT2D eigenvalue weighted by Crippen LogP contribution is 2.35. The molecule has 2 heteroatoms. The second-order valence-electron chi connectivity index (χ2n) is 5.13. The summed E-state index contributed by atoms with van der Waals surface area (Å²) in [5, 5.41) is 17.8. The van der Waals surface area contributed by atoms with Gasteiger partial charge >= 0.3 is 0 Å². The molecule has 0 atom stereocenters. The lowest BCUT2D eigenvalue weighted by Gasteiger charge is -2.14. The molecular formula is C18H11O2-. The second kappa shape index (κ2) is 3.94. The van der Waals surface area contributed by atoms with Crippen LogP contribution in [-0.4, -0.2) is 5.97 Å². The van der Waals surface area contributed by atoms with E-state index in [9.17, 15) is 9.90 Å². The zero-order chi connectivity index (χ0) is 13.7. The molecule has 96 valence electrons. The van der Waals surface area contributed by atoms with E-state index in [1.54, 1.807) is 0 Å². The van der Waals surface area contributed by atoms with E-state index in [2.05, 4.69) is 30.3 Å². The van der Waals surface area contributed by atoms with E-state index in [1.807, 2.05) is 24.3 Å². The maximum atomic E-state index is 10.9. The van der Waals surface area contributed by atoms with E-state index in [-0.39, 0.29) is 6.42 Å². The van der Waals surface area contributed by atoms with Gasteiger partial charge in [0.05, 0.1) is 0 Å². The van der Waals surface area contributed by atoms with Gasteiger partial charge < -0.3 is 9.90 Å². The van der Waals surface area contributed by atoms with Crippen molar-refractivity contribution >= 4 is 38.3 Å². The van der Waals surface area contributed by atoms with Gasteiger partial charge in [0.15, 0.2) is 0 Å². The summed E-state index contributed by atoms with van der Waals surface area (Å²) in [6.07, 6.45) is -0.0475. The third kappa shape index (κ3) is 1.48. The fourth-order valence-corrected chi connectivity index (χ4v) is 3.11. The highest BCUT2D eigenvalue weighted by Gasteiger charge is 2.10. The minimum atomic E-state index is -1.04. The van der Waals surface area contributed by atoms with Crippen LogP contribution < -0.4 is 5.11 Å². The molecule has 0 N–H and O–H groups in total. The van der Waals surface area contributed by atoms with Crippen molar-refractivity contribution in [2.45, 2.75) is 6.42 Å². The molecular weight excluding hydrogens is 248 g/mol. The Morgan fingerprint density at radius 1 is 0.800 bits per heavy atom. The Kier molecular flexibility index (Phi) is 2.21. The van der Waals surface area contributed by atoms with Crippen LogP contribution in [0.2, 0.25) is 0 Å². The SMILES string of the molecule is O=C([O-])Cc1ccc2ccc3cccc4ccc1c2c34. The molecule has 4 rings (SSSR count). The van der Waals surface area contributed by atoms with Gasteiger partial charge in [0.2, 0.25) is 0 Å². The number of benzene rings is 4. The summed E-state index contributed by atoms with van der Waals surface area (Å²) >= 11 is 0. The van der Waals surface area contributed by atoms with Crippen LogP contribution in [0.1, 0.15) is 5.56 Å². The molecule has 0 heterocycles. The summed E-state index contributed by atoms with van der Waals surface area (Å²) in [6, 6.07) is 18.4. The number of hydrogen-bond acceptors (Lipinski definition) is 2. The Hall–Kier alpha value is -2.61. The highest BCUT2D eigenvalue weighted by atomic mass is 16.4. The van der Waals surface area contributed by atoms with E-state index in [1.165, 1.54) is 16.2 Å². The van der Waals surface area contributed by atoms with E-state index in [0.717, 1.165) is 21.7 Å². The number of carbonyl (C=O) groups is 1. The van der Waals surface area contributed by atoms with Gasteiger partial charge in [-0.3, -0.25) is 0 Å². The molecule has 0 aromatic heterocycles. The monoisotopic (exact) mass is 259 g/mol. The molecule has 2 nitrogen and oxygen atoms in total. The van der Waals surface area contributed by atoms with Crippen molar-refractivity contribution in [1.29, 1.82) is 0 Å². The summed E-state index contributed by atoms with van der Waals surface area (Å²) in [5.41, 5.74) is 0.816.